The number of carbonyl (C=O) groups is 2. The van der Waals surface area contributed by atoms with E-state index in [1.807, 2.05) is 5.38 Å². The highest BCUT2D eigenvalue weighted by Crippen LogP contribution is 2.49. The molecule has 2 N–H and O–H groups in total. The number of anilines is 1. The number of hydrogen-bond donors (Lipinski definition) is 2. The number of methoxy groups -OCH3 is 1. The van der Waals surface area contributed by atoms with Gasteiger partial charge in [-0.2, -0.15) is 0 Å². The molecule has 2 heterocycles. The minimum absolute atomic E-state index is 0.0581. The molecule has 1 amide bonds. The molecule has 2 bridgehead atoms. The Morgan fingerprint density at radius 1 is 1.40 bits per heavy atom. The average molecular weight is 359 g/mol. The lowest BCUT2D eigenvalue weighted by Crippen LogP contribution is -2.20. The van der Waals surface area contributed by atoms with Crippen molar-refractivity contribution < 1.29 is 14.3 Å². The number of nitrogens with one attached hydrogen (secondary N) is 2. The molecule has 132 valence electrons. The minimum Gasteiger partial charge on any atom is -0.464 e. The third-order valence-corrected chi connectivity index (χ3v) is 6.22. The number of fused-ring (bicyclic) bond motifs is 2. The second-order valence-corrected chi connectivity index (χ2v) is 7.88. The van der Waals surface area contributed by atoms with Crippen molar-refractivity contribution in [3.05, 3.63) is 23.3 Å². The van der Waals surface area contributed by atoms with E-state index in [1.165, 1.54) is 44.1 Å². The van der Waals surface area contributed by atoms with E-state index in [-0.39, 0.29) is 5.91 Å². The smallest absolute Gasteiger partial charge is 0.354 e. The van der Waals surface area contributed by atoms with Crippen LogP contribution in [-0.4, -0.2) is 29.0 Å². The maximum atomic E-state index is 12.3. The van der Waals surface area contributed by atoms with Gasteiger partial charge in [0.1, 0.15) is 5.69 Å². The number of rotatable bonds is 5. The Balaban J connectivity index is 1.37. The van der Waals surface area contributed by atoms with Crippen molar-refractivity contribution in [3.63, 3.8) is 0 Å². The zero-order valence-corrected chi connectivity index (χ0v) is 14.9. The number of nitrogens with zero attached hydrogens (tertiary/aromatic N) is 1. The number of H-pyrrole nitrogens is 1. The summed E-state index contributed by atoms with van der Waals surface area (Å²) in [5, 5.41) is 5.40. The fourth-order valence-electron chi connectivity index (χ4n) is 4.27. The normalized spacial score (nSPS) is 24.4. The number of amides is 1. The number of ether oxygens (including phenoxy) is 1. The lowest BCUT2D eigenvalue weighted by molar-refractivity contribution is -0.117. The highest BCUT2D eigenvalue weighted by Gasteiger charge is 2.40. The van der Waals surface area contributed by atoms with Crippen molar-refractivity contribution in [2.75, 3.05) is 12.4 Å². The van der Waals surface area contributed by atoms with Gasteiger partial charge in [-0.05, 0) is 43.1 Å². The molecular formula is C18H21N3O3S. The van der Waals surface area contributed by atoms with E-state index in [0.717, 1.165) is 23.1 Å². The fraction of sp³-hybridized carbons (Fsp3) is 0.500. The molecule has 4 rings (SSSR count). The van der Waals surface area contributed by atoms with Crippen LogP contribution in [0.3, 0.4) is 0 Å². The quantitative estimate of drug-likeness (QED) is 0.798. The summed E-state index contributed by atoms with van der Waals surface area (Å²) in [5.74, 6) is 1.79. The Kier molecular flexibility index (Phi) is 4.33. The van der Waals surface area contributed by atoms with Crippen molar-refractivity contribution in [1.82, 2.24) is 9.97 Å². The van der Waals surface area contributed by atoms with E-state index in [2.05, 4.69) is 20.0 Å². The Labute approximate surface area is 150 Å². The molecule has 0 saturated heterocycles. The maximum absolute atomic E-state index is 12.3. The van der Waals surface area contributed by atoms with Gasteiger partial charge < -0.3 is 15.0 Å². The average Bonchev–Trinajstić information content (AvgIpc) is 3.37. The summed E-state index contributed by atoms with van der Waals surface area (Å²) in [6.45, 7) is 0. The van der Waals surface area contributed by atoms with Crippen LogP contribution in [0.5, 0.6) is 0 Å². The van der Waals surface area contributed by atoms with Gasteiger partial charge in [-0.3, -0.25) is 4.79 Å². The Morgan fingerprint density at radius 3 is 3.00 bits per heavy atom. The van der Waals surface area contributed by atoms with Crippen LogP contribution < -0.4 is 5.32 Å². The van der Waals surface area contributed by atoms with Crippen LogP contribution in [0.2, 0.25) is 0 Å². The predicted molar refractivity (Wildman–Crippen MR) is 95.4 cm³/mol. The van der Waals surface area contributed by atoms with Gasteiger partial charge in [0.05, 0.1) is 12.8 Å². The van der Waals surface area contributed by atoms with E-state index >= 15 is 0 Å². The summed E-state index contributed by atoms with van der Waals surface area (Å²) in [7, 11) is 1.34. The number of esters is 1. The second-order valence-electron chi connectivity index (χ2n) is 7.02. The summed E-state index contributed by atoms with van der Waals surface area (Å²) < 4.78 is 4.68. The highest BCUT2D eigenvalue weighted by atomic mass is 32.1. The number of aromatic nitrogens is 2. The topological polar surface area (TPSA) is 84.1 Å². The van der Waals surface area contributed by atoms with Crippen molar-refractivity contribution in [1.29, 1.82) is 0 Å². The summed E-state index contributed by atoms with van der Waals surface area (Å²) in [6.07, 6.45) is 7.48. The van der Waals surface area contributed by atoms with Crippen LogP contribution in [0, 0.1) is 17.8 Å². The molecule has 2 aliphatic carbocycles. The number of thiazole rings is 1. The van der Waals surface area contributed by atoms with Gasteiger partial charge in [0.15, 0.2) is 5.13 Å². The van der Waals surface area contributed by atoms with Crippen LogP contribution in [0.25, 0.3) is 11.3 Å². The van der Waals surface area contributed by atoms with Crippen LogP contribution >= 0.6 is 11.3 Å². The molecule has 0 radical (unpaired) electrons. The van der Waals surface area contributed by atoms with E-state index in [1.54, 1.807) is 12.3 Å². The molecule has 2 aromatic rings. The number of hydrogen-bond acceptors (Lipinski definition) is 5. The Hall–Kier alpha value is -2.15. The largest absolute Gasteiger partial charge is 0.464 e. The van der Waals surface area contributed by atoms with E-state index in [0.29, 0.717) is 23.2 Å². The molecule has 0 spiro atoms. The lowest BCUT2D eigenvalue weighted by Gasteiger charge is -2.20. The Morgan fingerprint density at radius 2 is 2.28 bits per heavy atom. The first-order chi connectivity index (χ1) is 12.1. The van der Waals surface area contributed by atoms with Gasteiger partial charge in [-0.25, -0.2) is 9.78 Å². The lowest BCUT2D eigenvalue weighted by atomic mass is 9.86. The predicted octanol–water partition coefficient (Wildman–Crippen LogP) is 3.69. The first-order valence-electron chi connectivity index (χ1n) is 8.65. The number of aromatic amines is 1. The van der Waals surface area contributed by atoms with Gasteiger partial charge in [-0.15, -0.1) is 11.3 Å². The molecule has 2 fully saturated rings. The molecule has 7 heteroatoms. The standard InChI is InChI=1S/C18H21N3O3S/c1-24-17(23)14-6-13(8-19-14)15-9-25-18(20-15)21-16(22)7-12-5-10-2-3-11(12)4-10/h6,8-12,19H,2-5,7H2,1H3,(H,20,21,22). The molecule has 25 heavy (non-hydrogen) atoms. The van der Waals surface area contributed by atoms with Crippen molar-refractivity contribution in [2.45, 2.75) is 32.1 Å². The summed E-state index contributed by atoms with van der Waals surface area (Å²) >= 11 is 1.40. The summed E-state index contributed by atoms with van der Waals surface area (Å²) in [6, 6.07) is 1.70. The van der Waals surface area contributed by atoms with Crippen molar-refractivity contribution in [2.24, 2.45) is 17.8 Å². The summed E-state index contributed by atoms with van der Waals surface area (Å²) in [4.78, 5) is 31.1. The molecule has 3 atom stereocenters. The van der Waals surface area contributed by atoms with Crippen LogP contribution in [0.4, 0.5) is 5.13 Å². The van der Waals surface area contributed by atoms with Crippen LogP contribution in [0.1, 0.15) is 42.6 Å². The first kappa shape index (κ1) is 16.3. The monoisotopic (exact) mass is 359 g/mol. The third-order valence-electron chi connectivity index (χ3n) is 5.47. The minimum atomic E-state index is -0.416. The molecule has 2 aromatic heterocycles. The maximum Gasteiger partial charge on any atom is 0.354 e. The SMILES string of the molecule is COC(=O)c1cc(-c2csc(NC(=O)CC3CC4CCC3C4)n2)c[nH]1. The van der Waals surface area contributed by atoms with Gasteiger partial charge in [-0.1, -0.05) is 6.42 Å². The molecular weight excluding hydrogens is 338 g/mol. The third kappa shape index (κ3) is 3.33. The van der Waals surface area contributed by atoms with E-state index < -0.39 is 5.97 Å². The molecule has 0 aromatic carbocycles. The van der Waals surface area contributed by atoms with Crippen LogP contribution in [0.15, 0.2) is 17.6 Å². The van der Waals surface area contributed by atoms with Gasteiger partial charge in [0.2, 0.25) is 5.91 Å². The fourth-order valence-corrected chi connectivity index (χ4v) is 5.00. The van der Waals surface area contributed by atoms with Gasteiger partial charge in [0, 0.05) is 23.6 Å². The number of carbonyl (C=O) groups excluding carboxylic acids is 2. The molecule has 6 nitrogen and oxygen atoms in total. The van der Waals surface area contributed by atoms with Gasteiger partial charge in [0.25, 0.3) is 0 Å². The van der Waals surface area contributed by atoms with E-state index in [4.69, 9.17) is 0 Å². The molecule has 0 aliphatic heterocycles. The van der Waals surface area contributed by atoms with Crippen molar-refractivity contribution in [3.8, 4) is 11.3 Å². The molecule has 2 aliphatic rings. The highest BCUT2D eigenvalue weighted by molar-refractivity contribution is 7.14. The van der Waals surface area contributed by atoms with Crippen molar-refractivity contribution >= 4 is 28.3 Å². The van der Waals surface area contributed by atoms with E-state index in [9.17, 15) is 9.59 Å². The molecule has 3 unspecified atom stereocenters. The van der Waals surface area contributed by atoms with Gasteiger partial charge >= 0.3 is 5.97 Å². The summed E-state index contributed by atoms with van der Waals surface area (Å²) in [5.41, 5.74) is 1.91. The zero-order valence-electron chi connectivity index (χ0n) is 14.1. The van der Waals surface area contributed by atoms with Crippen LogP contribution in [-0.2, 0) is 9.53 Å². The zero-order chi connectivity index (χ0) is 17.4. The molecule has 2 saturated carbocycles. The Bertz CT molecular complexity index is 797. The first-order valence-corrected chi connectivity index (χ1v) is 9.53. The second kappa shape index (κ2) is 6.63.